The van der Waals surface area contributed by atoms with Gasteiger partial charge >= 0.3 is 6.18 Å². The number of hydrogen-bond donors (Lipinski definition) is 2. The van der Waals surface area contributed by atoms with Gasteiger partial charge in [0.05, 0.1) is 29.5 Å². The lowest BCUT2D eigenvalue weighted by Gasteiger charge is -2.46. The fourth-order valence-corrected chi connectivity index (χ4v) is 7.42. The van der Waals surface area contributed by atoms with Gasteiger partial charge in [0, 0.05) is 36.0 Å². The van der Waals surface area contributed by atoms with Crippen LogP contribution in [0.25, 0.3) is 11.4 Å². The summed E-state index contributed by atoms with van der Waals surface area (Å²) in [6, 6.07) is 5.59. The van der Waals surface area contributed by atoms with Crippen LogP contribution in [0.2, 0.25) is 5.02 Å². The van der Waals surface area contributed by atoms with E-state index >= 15 is 0 Å². The molecule has 2 amide bonds. The summed E-state index contributed by atoms with van der Waals surface area (Å²) < 4.78 is 47.9. The lowest BCUT2D eigenvalue weighted by molar-refractivity contribution is -0.137. The van der Waals surface area contributed by atoms with Crippen LogP contribution in [0.5, 0.6) is 5.75 Å². The van der Waals surface area contributed by atoms with Crippen molar-refractivity contribution in [2.24, 2.45) is 0 Å². The minimum atomic E-state index is -4.61. The van der Waals surface area contributed by atoms with Gasteiger partial charge in [-0.15, -0.1) is 5.10 Å². The first kappa shape index (κ1) is 32.8. The maximum atomic E-state index is 14.5. The largest absolute Gasteiger partial charge is 0.505 e. The zero-order valence-electron chi connectivity index (χ0n) is 26.1. The number of anilines is 1. The summed E-state index contributed by atoms with van der Waals surface area (Å²) in [6.07, 6.45) is 2.04. The molecule has 4 aromatic rings. The van der Waals surface area contributed by atoms with Crippen molar-refractivity contribution >= 4 is 40.5 Å². The lowest BCUT2D eigenvalue weighted by Crippen LogP contribution is -2.53. The van der Waals surface area contributed by atoms with Crippen molar-refractivity contribution in [3.63, 3.8) is 0 Å². The molecular weight excluding hydrogens is 667 g/mol. The van der Waals surface area contributed by atoms with Crippen LogP contribution in [0.15, 0.2) is 47.4 Å². The van der Waals surface area contributed by atoms with Crippen molar-refractivity contribution < 1.29 is 32.6 Å². The molecule has 49 heavy (non-hydrogen) atoms. The molecule has 1 spiro atoms. The van der Waals surface area contributed by atoms with Crippen LogP contribution >= 0.6 is 11.6 Å². The molecule has 1 fully saturated rings. The lowest BCUT2D eigenvalue weighted by atomic mass is 9.67. The molecule has 1 aromatic carbocycles. The summed E-state index contributed by atoms with van der Waals surface area (Å²) in [6.45, 7) is 1.07. The number of ether oxygens (including phenoxy) is 1. The van der Waals surface area contributed by atoms with Gasteiger partial charge in [0.2, 0.25) is 11.7 Å². The van der Waals surface area contributed by atoms with E-state index < -0.39 is 34.5 Å². The van der Waals surface area contributed by atoms with Crippen LogP contribution < -0.4 is 10.9 Å². The third kappa shape index (κ3) is 6.05. The monoisotopic (exact) mass is 697 g/mol. The van der Waals surface area contributed by atoms with Gasteiger partial charge in [-0.2, -0.15) is 22.7 Å². The summed E-state index contributed by atoms with van der Waals surface area (Å²) in [5.74, 6) is -0.832. The molecule has 0 bridgehead atoms. The number of aromatic hydroxyl groups is 1. The number of benzene rings is 1. The molecule has 0 radical (unpaired) electrons. The number of aromatic nitrogens is 5. The second kappa shape index (κ2) is 12.6. The summed E-state index contributed by atoms with van der Waals surface area (Å²) in [5.41, 5.74) is -0.403. The Morgan fingerprint density at radius 1 is 1.14 bits per heavy atom. The topological polar surface area (TPSA) is 144 Å². The number of rotatable bonds is 5. The van der Waals surface area contributed by atoms with Gasteiger partial charge in [-0.1, -0.05) is 17.7 Å². The number of hydrogen-bond acceptors (Lipinski definition) is 8. The van der Waals surface area contributed by atoms with E-state index in [4.69, 9.17) is 21.3 Å². The van der Waals surface area contributed by atoms with Crippen molar-refractivity contribution in [3.05, 3.63) is 86.3 Å². The Bertz CT molecular complexity index is 2080. The van der Waals surface area contributed by atoms with Gasteiger partial charge in [-0.3, -0.25) is 14.4 Å². The van der Waals surface area contributed by atoms with Crippen molar-refractivity contribution in [2.45, 2.75) is 56.7 Å². The van der Waals surface area contributed by atoms with E-state index in [1.807, 2.05) is 6.08 Å². The molecule has 5 heterocycles. The molecule has 256 valence electrons. The average Bonchev–Trinajstić information content (AvgIpc) is 3.54. The summed E-state index contributed by atoms with van der Waals surface area (Å²) in [4.78, 5) is 52.0. The molecule has 2 N–H and O–H groups in total. The molecule has 16 heteroatoms. The molecule has 1 unspecified atom stereocenters. The van der Waals surface area contributed by atoms with E-state index in [1.54, 1.807) is 9.47 Å². The highest BCUT2D eigenvalue weighted by Gasteiger charge is 2.46. The number of piperidine rings is 1. The number of amides is 2. The molecule has 0 saturated carbocycles. The van der Waals surface area contributed by atoms with Gasteiger partial charge in [-0.05, 0) is 74.4 Å². The fraction of sp³-hybridized carbons (Fsp3) is 0.394. The third-order valence-corrected chi connectivity index (χ3v) is 9.74. The summed E-state index contributed by atoms with van der Waals surface area (Å²) in [7, 11) is 0. The van der Waals surface area contributed by atoms with Gasteiger partial charge in [0.25, 0.3) is 11.5 Å². The highest BCUT2D eigenvalue weighted by molar-refractivity contribution is 6.33. The van der Waals surface area contributed by atoms with Crippen molar-refractivity contribution in [3.8, 4) is 5.75 Å². The van der Waals surface area contributed by atoms with Crippen LogP contribution in [0.3, 0.4) is 0 Å². The van der Waals surface area contributed by atoms with E-state index in [2.05, 4.69) is 15.4 Å². The SMILES string of the molecule is O=C(Cn1c2c(c(=O)n3nc(C4=CCOCC4)nc13)C1(CCC2)CCCN(C(=O)c2ncccc2O)C1)Nc1ccc(C(F)(F)F)cc1Cl. The standard InChI is InChI=1S/C33H31ClF3N7O5/c34-21-16-20(33(35,36)37)6-7-22(21)39-25(46)17-43-23-4-1-10-32(11-3-13-42(18-32)30(48)27-24(45)5-2-12-38-27)26(23)29(47)44-31(43)40-28(41-44)19-8-14-49-15-9-19/h2,5-8,12,16,45H,1,3-4,9-11,13-15,17-18H2,(H,39,46). The van der Waals surface area contributed by atoms with Crippen LogP contribution in [0.1, 0.15) is 65.2 Å². The van der Waals surface area contributed by atoms with Gasteiger partial charge < -0.3 is 24.6 Å². The van der Waals surface area contributed by atoms with Gasteiger partial charge in [0.15, 0.2) is 11.5 Å². The molecule has 2 aliphatic heterocycles. The molecular formula is C33H31ClF3N7O5. The number of nitrogens with one attached hydrogen (secondary N) is 1. The number of fused-ring (bicyclic) bond motifs is 3. The van der Waals surface area contributed by atoms with Crippen molar-refractivity contribution in [1.29, 1.82) is 0 Å². The highest BCUT2D eigenvalue weighted by Crippen LogP contribution is 2.43. The predicted octanol–water partition coefficient (Wildman–Crippen LogP) is 4.62. The van der Waals surface area contributed by atoms with E-state index in [1.165, 1.54) is 22.8 Å². The van der Waals surface area contributed by atoms with Gasteiger partial charge in [-0.25, -0.2) is 4.98 Å². The first-order chi connectivity index (χ1) is 23.4. The fourth-order valence-electron chi connectivity index (χ4n) is 7.19. The zero-order chi connectivity index (χ0) is 34.5. The zero-order valence-corrected chi connectivity index (χ0v) is 26.9. The molecule has 12 nitrogen and oxygen atoms in total. The Kier molecular flexibility index (Phi) is 8.43. The Labute approximate surface area is 282 Å². The second-order valence-corrected chi connectivity index (χ2v) is 12.9. The maximum absolute atomic E-state index is 14.5. The third-order valence-electron chi connectivity index (χ3n) is 9.43. The Balaban J connectivity index is 1.31. The van der Waals surface area contributed by atoms with Crippen LogP contribution in [-0.2, 0) is 34.1 Å². The van der Waals surface area contributed by atoms with E-state index in [9.17, 15) is 32.7 Å². The normalized spacial score (nSPS) is 19.5. The number of nitrogens with zero attached hydrogens (tertiary/aromatic N) is 6. The first-order valence-electron chi connectivity index (χ1n) is 15.9. The first-order valence-corrected chi connectivity index (χ1v) is 16.2. The van der Waals surface area contributed by atoms with Crippen LogP contribution in [0, 0.1) is 0 Å². The van der Waals surface area contributed by atoms with Crippen molar-refractivity contribution in [2.75, 3.05) is 31.6 Å². The minimum Gasteiger partial charge on any atom is -0.505 e. The highest BCUT2D eigenvalue weighted by atomic mass is 35.5. The van der Waals surface area contributed by atoms with Crippen molar-refractivity contribution in [1.82, 2.24) is 29.0 Å². The molecule has 1 atom stereocenters. The minimum absolute atomic E-state index is 0.00389. The number of carbonyl (C=O) groups is 2. The van der Waals surface area contributed by atoms with E-state index in [0.29, 0.717) is 75.4 Å². The van der Waals surface area contributed by atoms with Crippen LogP contribution in [0.4, 0.5) is 18.9 Å². The number of halogens is 4. The maximum Gasteiger partial charge on any atom is 0.416 e. The molecule has 3 aromatic heterocycles. The Morgan fingerprint density at radius 2 is 1.96 bits per heavy atom. The second-order valence-electron chi connectivity index (χ2n) is 12.5. The molecule has 1 aliphatic carbocycles. The molecule has 1 saturated heterocycles. The Hall–Kier alpha value is -4.76. The number of carbonyl (C=O) groups excluding carboxylic acids is 2. The number of alkyl halides is 3. The Morgan fingerprint density at radius 3 is 2.69 bits per heavy atom. The summed E-state index contributed by atoms with van der Waals surface area (Å²) >= 11 is 6.14. The van der Waals surface area contributed by atoms with Gasteiger partial charge in [0.1, 0.15) is 12.3 Å². The van der Waals surface area contributed by atoms with E-state index in [0.717, 1.165) is 23.8 Å². The van der Waals surface area contributed by atoms with E-state index in [-0.39, 0.29) is 41.0 Å². The smallest absolute Gasteiger partial charge is 0.416 e. The molecule has 7 rings (SSSR count). The number of likely N-dealkylation sites (tertiary alicyclic amines) is 1. The molecule has 3 aliphatic rings. The summed E-state index contributed by atoms with van der Waals surface area (Å²) in [5, 5.41) is 17.3. The van der Waals surface area contributed by atoms with Crippen LogP contribution in [-0.4, -0.2) is 72.3 Å². The number of pyridine rings is 1. The predicted molar refractivity (Wildman–Crippen MR) is 171 cm³/mol. The average molecular weight is 698 g/mol. The quantitative estimate of drug-likeness (QED) is 0.308.